The number of hydrogen-bond donors (Lipinski definition) is 1. The van der Waals surface area contributed by atoms with E-state index in [1.165, 1.54) is 0 Å². The molecule has 6 heteroatoms. The van der Waals surface area contributed by atoms with E-state index in [0.717, 1.165) is 25.7 Å². The number of nitrogens with one attached hydrogen (secondary N) is 1. The number of carbonyl (C=O) groups excluding carboxylic acids is 1. The lowest BCUT2D eigenvalue weighted by molar-refractivity contribution is -0.140. The van der Waals surface area contributed by atoms with Crippen LogP contribution in [0.1, 0.15) is 31.4 Å². The summed E-state index contributed by atoms with van der Waals surface area (Å²) in [5.41, 5.74) is 2.38. The Kier molecular flexibility index (Phi) is 3.98. The van der Waals surface area contributed by atoms with E-state index in [1.807, 2.05) is 0 Å². The Hall–Kier alpha value is -1.56. The van der Waals surface area contributed by atoms with Crippen LogP contribution in [-0.2, 0) is 9.63 Å². The van der Waals surface area contributed by atoms with Crippen LogP contribution in [-0.4, -0.2) is 23.8 Å². The summed E-state index contributed by atoms with van der Waals surface area (Å²) in [5, 5.41) is 3.61. The Morgan fingerprint density at radius 3 is 3.00 bits per heavy atom. The average Bonchev–Trinajstić information content (AvgIpc) is 2.95. The fourth-order valence-electron chi connectivity index (χ4n) is 1.74. The number of amides is 1. The minimum absolute atomic E-state index is 0.126. The van der Waals surface area contributed by atoms with E-state index in [-0.39, 0.29) is 18.6 Å². The van der Waals surface area contributed by atoms with Crippen molar-refractivity contribution in [1.29, 1.82) is 0 Å². The lowest BCUT2D eigenvalue weighted by Crippen LogP contribution is -2.32. The molecule has 1 amide bonds. The van der Waals surface area contributed by atoms with Gasteiger partial charge < -0.3 is 9.26 Å². The van der Waals surface area contributed by atoms with Crippen molar-refractivity contribution in [1.82, 2.24) is 10.6 Å². The van der Waals surface area contributed by atoms with E-state index < -0.39 is 0 Å². The Bertz CT molecular complexity index is 371. The third-order valence-corrected chi connectivity index (χ3v) is 2.60. The molecule has 1 aromatic heterocycles. The zero-order valence-electron chi connectivity index (χ0n) is 9.77. The molecule has 0 bridgehead atoms. The van der Waals surface area contributed by atoms with Gasteiger partial charge in [-0.2, -0.15) is 0 Å². The van der Waals surface area contributed by atoms with Gasteiger partial charge in [0.2, 0.25) is 0 Å². The molecule has 0 unspecified atom stereocenters. The zero-order valence-corrected chi connectivity index (χ0v) is 9.77. The summed E-state index contributed by atoms with van der Waals surface area (Å²) in [6, 6.07) is 1.62. The molecule has 0 aliphatic heterocycles. The van der Waals surface area contributed by atoms with Crippen molar-refractivity contribution in [3.05, 3.63) is 11.8 Å². The van der Waals surface area contributed by atoms with Crippen LogP contribution in [0.4, 0.5) is 0 Å². The Morgan fingerprint density at radius 1 is 1.59 bits per heavy atom. The number of carbonyl (C=O) groups is 1. The maximum atomic E-state index is 11.4. The van der Waals surface area contributed by atoms with Crippen LogP contribution in [0.2, 0.25) is 0 Å². The van der Waals surface area contributed by atoms with E-state index in [4.69, 9.17) is 14.1 Å². The minimum Gasteiger partial charge on any atom is -0.465 e. The predicted octanol–water partition coefficient (Wildman–Crippen LogP) is 1.35. The molecule has 1 fully saturated rings. The zero-order chi connectivity index (χ0) is 12.1. The first-order chi connectivity index (χ1) is 8.24. The molecule has 2 rings (SSSR count). The summed E-state index contributed by atoms with van der Waals surface area (Å²) in [6.07, 6.45) is 4.48. The molecule has 1 saturated carbocycles. The van der Waals surface area contributed by atoms with Gasteiger partial charge in [-0.1, -0.05) is 12.8 Å². The maximum absolute atomic E-state index is 11.4. The van der Waals surface area contributed by atoms with E-state index >= 15 is 0 Å². The maximum Gasteiger partial charge on any atom is 0.281 e. The molecular formula is C11H16N2O4. The molecule has 0 saturated heterocycles. The molecule has 1 aliphatic carbocycles. The lowest BCUT2D eigenvalue weighted by atomic mass is 10.3. The number of aryl methyl sites for hydroxylation is 1. The third-order valence-electron chi connectivity index (χ3n) is 2.60. The van der Waals surface area contributed by atoms with Crippen LogP contribution >= 0.6 is 0 Å². The quantitative estimate of drug-likeness (QED) is 0.786. The summed E-state index contributed by atoms with van der Waals surface area (Å²) in [4.78, 5) is 16.6. The highest BCUT2D eigenvalue weighted by molar-refractivity contribution is 5.76. The summed E-state index contributed by atoms with van der Waals surface area (Å²) >= 11 is 0. The van der Waals surface area contributed by atoms with E-state index in [0.29, 0.717) is 11.6 Å². The number of rotatable bonds is 5. The van der Waals surface area contributed by atoms with Gasteiger partial charge in [-0.25, -0.2) is 5.48 Å². The highest BCUT2D eigenvalue weighted by Gasteiger charge is 2.17. The number of ether oxygens (including phenoxy) is 1. The molecule has 0 atom stereocenters. The molecule has 6 nitrogen and oxygen atoms in total. The van der Waals surface area contributed by atoms with Crippen LogP contribution < -0.4 is 10.2 Å². The van der Waals surface area contributed by atoms with E-state index in [9.17, 15) is 4.79 Å². The van der Waals surface area contributed by atoms with Crippen LogP contribution in [0.15, 0.2) is 10.6 Å². The van der Waals surface area contributed by atoms with Crippen molar-refractivity contribution in [2.75, 3.05) is 6.61 Å². The number of aromatic nitrogens is 1. The van der Waals surface area contributed by atoms with Crippen molar-refractivity contribution in [2.45, 2.75) is 38.7 Å². The van der Waals surface area contributed by atoms with Crippen molar-refractivity contribution in [3.63, 3.8) is 0 Å². The van der Waals surface area contributed by atoms with Crippen molar-refractivity contribution in [3.8, 4) is 5.88 Å². The van der Waals surface area contributed by atoms with Crippen LogP contribution in [0.5, 0.6) is 5.88 Å². The van der Waals surface area contributed by atoms with Gasteiger partial charge in [-0.15, -0.1) is 0 Å². The predicted molar refractivity (Wildman–Crippen MR) is 58.2 cm³/mol. The van der Waals surface area contributed by atoms with Gasteiger partial charge in [0.15, 0.2) is 6.61 Å². The molecule has 1 N–H and O–H groups in total. The Morgan fingerprint density at radius 2 is 2.35 bits per heavy atom. The third kappa shape index (κ3) is 3.74. The fourth-order valence-corrected chi connectivity index (χ4v) is 1.74. The van der Waals surface area contributed by atoms with Gasteiger partial charge in [0.1, 0.15) is 5.76 Å². The minimum atomic E-state index is -0.322. The van der Waals surface area contributed by atoms with Crippen molar-refractivity contribution >= 4 is 5.91 Å². The highest BCUT2D eigenvalue weighted by Crippen LogP contribution is 2.19. The molecule has 17 heavy (non-hydrogen) atoms. The van der Waals surface area contributed by atoms with Gasteiger partial charge in [0.05, 0.1) is 6.10 Å². The molecular weight excluding hydrogens is 224 g/mol. The molecule has 94 valence electrons. The SMILES string of the molecule is Cc1cc(OCC(=O)NOC2CCCC2)no1. The Balaban J connectivity index is 1.63. The number of nitrogens with zero attached hydrogens (tertiary/aromatic N) is 1. The molecule has 0 spiro atoms. The first-order valence-corrected chi connectivity index (χ1v) is 5.74. The Labute approximate surface area is 99.2 Å². The summed E-state index contributed by atoms with van der Waals surface area (Å²) in [6.45, 7) is 1.63. The normalized spacial score (nSPS) is 16.1. The summed E-state index contributed by atoms with van der Waals surface area (Å²) < 4.78 is 9.91. The fraction of sp³-hybridized carbons (Fsp3) is 0.636. The number of hydrogen-bond acceptors (Lipinski definition) is 5. The standard InChI is InChI=1S/C11H16N2O4/c1-8-6-11(13-16-8)15-7-10(14)12-17-9-4-2-3-5-9/h6,9H,2-5,7H2,1H3,(H,12,14). The summed E-state index contributed by atoms with van der Waals surface area (Å²) in [7, 11) is 0. The average molecular weight is 240 g/mol. The second-order valence-electron chi connectivity index (χ2n) is 4.11. The van der Waals surface area contributed by atoms with Gasteiger partial charge in [0.25, 0.3) is 11.8 Å². The largest absolute Gasteiger partial charge is 0.465 e. The second-order valence-corrected chi connectivity index (χ2v) is 4.11. The highest BCUT2D eigenvalue weighted by atomic mass is 16.7. The molecule has 0 radical (unpaired) electrons. The molecule has 0 aromatic carbocycles. The van der Waals surface area contributed by atoms with Gasteiger partial charge in [-0.05, 0) is 24.9 Å². The number of hydroxylamine groups is 1. The van der Waals surface area contributed by atoms with Crippen molar-refractivity contribution < 1.29 is 18.9 Å². The summed E-state index contributed by atoms with van der Waals surface area (Å²) in [5.74, 6) is 0.624. The monoisotopic (exact) mass is 240 g/mol. The van der Waals surface area contributed by atoms with Crippen LogP contribution in [0.25, 0.3) is 0 Å². The van der Waals surface area contributed by atoms with Gasteiger partial charge in [-0.3, -0.25) is 9.63 Å². The smallest absolute Gasteiger partial charge is 0.281 e. The first kappa shape index (κ1) is 11.9. The van der Waals surface area contributed by atoms with E-state index in [2.05, 4.69) is 10.6 Å². The topological polar surface area (TPSA) is 73.6 Å². The lowest BCUT2D eigenvalue weighted by Gasteiger charge is -2.10. The van der Waals surface area contributed by atoms with E-state index in [1.54, 1.807) is 13.0 Å². The van der Waals surface area contributed by atoms with Gasteiger partial charge >= 0.3 is 0 Å². The van der Waals surface area contributed by atoms with Gasteiger partial charge in [0, 0.05) is 6.07 Å². The molecule has 1 aromatic rings. The van der Waals surface area contributed by atoms with Crippen LogP contribution in [0.3, 0.4) is 0 Å². The first-order valence-electron chi connectivity index (χ1n) is 5.74. The van der Waals surface area contributed by atoms with Crippen molar-refractivity contribution in [2.24, 2.45) is 0 Å². The van der Waals surface area contributed by atoms with Crippen LogP contribution in [0, 0.1) is 6.92 Å². The molecule has 1 heterocycles. The second kappa shape index (κ2) is 5.67. The molecule has 1 aliphatic rings.